The molecule has 20 heavy (non-hydrogen) atoms. The van der Waals surface area contributed by atoms with Crippen LogP contribution in [0.3, 0.4) is 0 Å². The lowest BCUT2D eigenvalue weighted by Crippen LogP contribution is -2.23. The van der Waals surface area contributed by atoms with Gasteiger partial charge in [0.1, 0.15) is 0 Å². The molecular weight excluding hydrogens is 326 g/mol. The van der Waals surface area contributed by atoms with E-state index in [-0.39, 0.29) is 24.6 Å². The molecule has 0 bridgehead atoms. The van der Waals surface area contributed by atoms with Crippen LogP contribution in [-0.4, -0.2) is 17.0 Å². The lowest BCUT2D eigenvalue weighted by atomic mass is 10.0. The Morgan fingerprint density at radius 3 is 2.45 bits per heavy atom. The van der Waals surface area contributed by atoms with E-state index in [0.29, 0.717) is 10.2 Å². The molecule has 1 amide bonds. The molecule has 0 unspecified atom stereocenters. The molecule has 2 rings (SSSR count). The van der Waals surface area contributed by atoms with Crippen LogP contribution in [-0.2, 0) is 17.8 Å². The van der Waals surface area contributed by atoms with E-state index in [1.54, 1.807) is 36.4 Å². The van der Waals surface area contributed by atoms with Crippen LogP contribution >= 0.6 is 15.9 Å². The zero-order chi connectivity index (χ0) is 14.5. The molecule has 104 valence electrons. The van der Waals surface area contributed by atoms with Crippen molar-refractivity contribution in [2.24, 2.45) is 0 Å². The number of nitrogens with one attached hydrogen (secondary N) is 1. The van der Waals surface area contributed by atoms with Crippen molar-refractivity contribution in [1.29, 1.82) is 0 Å². The van der Waals surface area contributed by atoms with Gasteiger partial charge in [0.05, 0.1) is 6.42 Å². The van der Waals surface area contributed by atoms with Crippen molar-refractivity contribution >= 4 is 27.8 Å². The number of halogens is 1. The molecule has 1 aromatic carbocycles. The summed E-state index contributed by atoms with van der Waals surface area (Å²) >= 11 is 3.12. The molecule has 0 fully saturated rings. The van der Waals surface area contributed by atoms with E-state index < -0.39 is 5.97 Å². The molecule has 1 heterocycles. The largest absolute Gasteiger partial charge is 0.481 e. The Labute approximate surface area is 123 Å². The van der Waals surface area contributed by atoms with Gasteiger partial charge in [-0.25, -0.2) is 0 Å². The summed E-state index contributed by atoms with van der Waals surface area (Å²) in [7, 11) is 0. The van der Waals surface area contributed by atoms with Gasteiger partial charge in [-0.2, -0.15) is 0 Å². The Bertz CT molecular complexity index is 636. The average Bonchev–Trinajstić information content (AvgIpc) is 2.83. The minimum absolute atomic E-state index is 0.0711. The van der Waals surface area contributed by atoms with Gasteiger partial charge in [-0.3, -0.25) is 9.59 Å². The molecule has 0 radical (unpaired) electrons. The number of carboxylic acid groups (broad SMARTS) is 1. The number of carbonyl (C=O) groups excluding carboxylic acids is 1. The summed E-state index contributed by atoms with van der Waals surface area (Å²) in [5.74, 6) is -1.05. The Morgan fingerprint density at radius 2 is 1.85 bits per heavy atom. The van der Waals surface area contributed by atoms with Gasteiger partial charge >= 0.3 is 5.97 Å². The molecule has 0 atom stereocenters. The third-order valence-corrected chi connectivity index (χ3v) is 3.12. The molecule has 2 N–H and O–H groups in total. The quantitative estimate of drug-likeness (QED) is 0.878. The van der Waals surface area contributed by atoms with Crippen LogP contribution in [0.1, 0.15) is 21.7 Å². The maximum Gasteiger partial charge on any atom is 0.307 e. The molecule has 0 saturated heterocycles. The van der Waals surface area contributed by atoms with Gasteiger partial charge < -0.3 is 14.8 Å². The SMILES string of the molecule is O=C(O)Cc1ccccc1CNC(=O)c1ccc(Br)o1. The lowest BCUT2D eigenvalue weighted by Gasteiger charge is -2.08. The van der Waals surface area contributed by atoms with Crippen LogP contribution in [0.5, 0.6) is 0 Å². The van der Waals surface area contributed by atoms with Crippen LogP contribution in [0.25, 0.3) is 0 Å². The number of carbonyl (C=O) groups is 2. The molecule has 0 aliphatic rings. The Morgan fingerprint density at radius 1 is 1.15 bits per heavy atom. The van der Waals surface area contributed by atoms with Crippen molar-refractivity contribution in [3.8, 4) is 0 Å². The molecule has 5 nitrogen and oxygen atoms in total. The highest BCUT2D eigenvalue weighted by Crippen LogP contribution is 2.14. The molecule has 1 aromatic heterocycles. The molecule has 0 aliphatic heterocycles. The molecule has 6 heteroatoms. The number of hydrogen-bond acceptors (Lipinski definition) is 3. The van der Waals surface area contributed by atoms with Gasteiger partial charge in [-0.05, 0) is 39.2 Å². The number of rotatable bonds is 5. The van der Waals surface area contributed by atoms with E-state index in [4.69, 9.17) is 9.52 Å². The van der Waals surface area contributed by atoms with Crippen molar-refractivity contribution in [2.45, 2.75) is 13.0 Å². The normalized spacial score (nSPS) is 10.2. The Balaban J connectivity index is 2.03. The number of furan rings is 1. The second-order valence-corrected chi connectivity index (χ2v) is 4.91. The predicted molar refractivity (Wildman–Crippen MR) is 75.4 cm³/mol. The van der Waals surface area contributed by atoms with E-state index in [1.165, 1.54) is 0 Å². The molecule has 2 aromatic rings. The molecule has 0 saturated carbocycles. The van der Waals surface area contributed by atoms with Gasteiger partial charge in [0.15, 0.2) is 10.4 Å². The summed E-state index contributed by atoms with van der Waals surface area (Å²) in [5, 5.41) is 11.5. The minimum atomic E-state index is -0.904. The van der Waals surface area contributed by atoms with Crippen molar-refractivity contribution in [3.63, 3.8) is 0 Å². The average molecular weight is 338 g/mol. The second-order valence-electron chi connectivity index (χ2n) is 4.13. The van der Waals surface area contributed by atoms with Crippen LogP contribution in [0, 0.1) is 0 Å². The number of amides is 1. The third-order valence-electron chi connectivity index (χ3n) is 2.70. The second kappa shape index (κ2) is 6.38. The first kappa shape index (κ1) is 14.3. The smallest absolute Gasteiger partial charge is 0.307 e. The number of aliphatic carboxylic acids is 1. The molecule has 0 aliphatic carbocycles. The molecular formula is C14H12BrNO4. The topological polar surface area (TPSA) is 79.5 Å². The predicted octanol–water partition coefficient (Wildman–Crippen LogP) is 2.60. The van der Waals surface area contributed by atoms with Crippen LogP contribution in [0.4, 0.5) is 0 Å². The van der Waals surface area contributed by atoms with Gasteiger partial charge in [-0.15, -0.1) is 0 Å². The molecule has 0 spiro atoms. The summed E-state index contributed by atoms with van der Waals surface area (Å²) < 4.78 is 5.62. The standard InChI is InChI=1S/C14H12BrNO4/c15-12-6-5-11(20-12)14(19)16-8-10-4-2-1-3-9(10)7-13(17)18/h1-6H,7-8H2,(H,16,19)(H,17,18). The fourth-order valence-corrected chi connectivity index (χ4v) is 2.07. The summed E-state index contributed by atoms with van der Waals surface area (Å²) in [4.78, 5) is 22.6. The third kappa shape index (κ3) is 3.71. The Hall–Kier alpha value is -2.08. The number of carboxylic acids is 1. The zero-order valence-corrected chi connectivity index (χ0v) is 12.0. The highest BCUT2D eigenvalue weighted by Gasteiger charge is 2.11. The van der Waals surface area contributed by atoms with Gasteiger partial charge in [0, 0.05) is 6.54 Å². The van der Waals surface area contributed by atoms with E-state index in [1.807, 2.05) is 0 Å². The fraction of sp³-hybridized carbons (Fsp3) is 0.143. The maximum atomic E-state index is 11.8. The van der Waals surface area contributed by atoms with E-state index in [0.717, 1.165) is 5.56 Å². The zero-order valence-electron chi connectivity index (χ0n) is 10.4. The highest BCUT2D eigenvalue weighted by atomic mass is 79.9. The van der Waals surface area contributed by atoms with E-state index in [9.17, 15) is 9.59 Å². The lowest BCUT2D eigenvalue weighted by molar-refractivity contribution is -0.136. The van der Waals surface area contributed by atoms with Gasteiger partial charge in [0.25, 0.3) is 5.91 Å². The summed E-state index contributed by atoms with van der Waals surface area (Å²) in [5.41, 5.74) is 1.45. The minimum Gasteiger partial charge on any atom is -0.481 e. The first-order valence-corrected chi connectivity index (χ1v) is 6.67. The number of benzene rings is 1. The van der Waals surface area contributed by atoms with E-state index in [2.05, 4.69) is 21.2 Å². The van der Waals surface area contributed by atoms with Crippen molar-refractivity contribution in [1.82, 2.24) is 5.32 Å². The van der Waals surface area contributed by atoms with Crippen molar-refractivity contribution < 1.29 is 19.1 Å². The Kier molecular flexibility index (Phi) is 4.57. The monoisotopic (exact) mass is 337 g/mol. The van der Waals surface area contributed by atoms with Crippen LogP contribution in [0.15, 0.2) is 45.5 Å². The first-order valence-electron chi connectivity index (χ1n) is 5.88. The highest BCUT2D eigenvalue weighted by molar-refractivity contribution is 9.10. The van der Waals surface area contributed by atoms with Crippen molar-refractivity contribution in [2.75, 3.05) is 0 Å². The summed E-state index contributed by atoms with van der Waals surface area (Å²) in [6.07, 6.45) is -0.0711. The first-order chi connectivity index (χ1) is 9.56. The fourth-order valence-electron chi connectivity index (χ4n) is 1.76. The van der Waals surface area contributed by atoms with Gasteiger partial charge in [-0.1, -0.05) is 24.3 Å². The summed E-state index contributed by atoms with van der Waals surface area (Å²) in [6, 6.07) is 10.3. The number of hydrogen-bond donors (Lipinski definition) is 2. The van der Waals surface area contributed by atoms with Crippen LogP contribution in [0.2, 0.25) is 0 Å². The van der Waals surface area contributed by atoms with E-state index >= 15 is 0 Å². The maximum absolute atomic E-state index is 11.8. The van der Waals surface area contributed by atoms with Gasteiger partial charge in [0.2, 0.25) is 0 Å². The summed E-state index contributed by atoms with van der Waals surface area (Å²) in [6.45, 7) is 0.251. The van der Waals surface area contributed by atoms with Crippen molar-refractivity contribution in [3.05, 3.63) is 58.0 Å². The van der Waals surface area contributed by atoms with Crippen LogP contribution < -0.4 is 5.32 Å².